The molecule has 4 unspecified atom stereocenters. The minimum Gasteiger partial charge on any atom is -0.462 e. The van der Waals surface area contributed by atoms with Crippen molar-refractivity contribution in [1.29, 1.82) is 0 Å². The molecule has 0 bridgehead atoms. The molecule has 522 valence electrons. The van der Waals surface area contributed by atoms with Gasteiger partial charge in [0.25, 0.3) is 0 Å². The van der Waals surface area contributed by atoms with Crippen LogP contribution >= 0.6 is 15.6 Å². The van der Waals surface area contributed by atoms with E-state index in [1.165, 1.54) is 135 Å². The Bertz CT molecular complexity index is 1750. The van der Waals surface area contributed by atoms with E-state index >= 15 is 0 Å². The molecule has 0 aliphatic rings. The Balaban J connectivity index is 5.21. The summed E-state index contributed by atoms with van der Waals surface area (Å²) >= 11 is 0. The quantitative estimate of drug-likeness (QED) is 0.0222. The number of hydrogen-bond acceptors (Lipinski definition) is 15. The van der Waals surface area contributed by atoms with Crippen molar-refractivity contribution < 1.29 is 80.2 Å². The van der Waals surface area contributed by atoms with Gasteiger partial charge in [-0.05, 0) is 49.4 Å². The predicted octanol–water partition coefficient (Wildman–Crippen LogP) is 19.3. The molecule has 0 aromatic rings. The average molecular weight is 1300 g/mol. The lowest BCUT2D eigenvalue weighted by atomic mass is 9.99. The summed E-state index contributed by atoms with van der Waals surface area (Å²) in [5, 5.41) is 10.6. The van der Waals surface area contributed by atoms with Crippen LogP contribution in [-0.2, 0) is 65.4 Å². The number of aliphatic hydroxyl groups is 1. The fourth-order valence-electron chi connectivity index (χ4n) is 10.3. The lowest BCUT2D eigenvalue weighted by Crippen LogP contribution is -2.30. The molecular formula is C69H134O17P2. The van der Waals surface area contributed by atoms with Gasteiger partial charge in [-0.15, -0.1) is 0 Å². The normalized spacial score (nSPS) is 14.6. The first-order chi connectivity index (χ1) is 42.1. The number of rotatable bonds is 66. The van der Waals surface area contributed by atoms with E-state index in [-0.39, 0.29) is 25.7 Å². The number of hydrogen-bond donors (Lipinski definition) is 3. The van der Waals surface area contributed by atoms with Crippen molar-refractivity contribution in [3.05, 3.63) is 0 Å². The zero-order valence-corrected chi connectivity index (χ0v) is 59.1. The van der Waals surface area contributed by atoms with E-state index < -0.39 is 97.5 Å². The van der Waals surface area contributed by atoms with Crippen LogP contribution in [0.5, 0.6) is 0 Å². The summed E-state index contributed by atoms with van der Waals surface area (Å²) in [5.41, 5.74) is 0. The lowest BCUT2D eigenvalue weighted by molar-refractivity contribution is -0.161. The standard InChI is InChI=1S/C69H134O17P2/c1-9-62(8)48-40-32-23-18-19-25-35-43-51-68(73)85-64(55-79-66(71)49-41-33-24-17-15-13-11-10-12-14-16-21-29-37-45-59(2)3)57-83-87(75,76)81-53-63(70)54-82-88(77,78)84-58-65(86-69(74)52-44-36-28-27-31-39-47-61(6)7)56-80-67(72)50-42-34-26-20-22-30-38-46-60(4)5/h59-65,70H,9-58H2,1-8H3,(H,75,76)(H,77,78)/t62?,63?,64-,65-/m1/s1. The summed E-state index contributed by atoms with van der Waals surface area (Å²) in [7, 11) is -9.90. The third-order valence-corrected chi connectivity index (χ3v) is 18.1. The Morgan fingerprint density at radius 2 is 0.545 bits per heavy atom. The van der Waals surface area contributed by atoms with Crippen LogP contribution in [0.1, 0.15) is 338 Å². The maximum absolute atomic E-state index is 13.0. The minimum atomic E-state index is -4.95. The molecular weight excluding hydrogens is 1160 g/mol. The van der Waals surface area contributed by atoms with Crippen molar-refractivity contribution in [2.45, 2.75) is 356 Å². The van der Waals surface area contributed by atoms with Gasteiger partial charge >= 0.3 is 39.5 Å². The molecule has 6 atom stereocenters. The summed E-state index contributed by atoms with van der Waals surface area (Å²) in [5.74, 6) is 0.806. The fourth-order valence-corrected chi connectivity index (χ4v) is 11.9. The second-order valence-corrected chi connectivity index (χ2v) is 29.5. The van der Waals surface area contributed by atoms with E-state index in [1.807, 2.05) is 0 Å². The largest absolute Gasteiger partial charge is 0.472 e. The van der Waals surface area contributed by atoms with E-state index in [1.54, 1.807) is 0 Å². The summed E-state index contributed by atoms with van der Waals surface area (Å²) in [6, 6.07) is 0. The maximum atomic E-state index is 13.0. The van der Waals surface area contributed by atoms with Crippen LogP contribution in [0.15, 0.2) is 0 Å². The van der Waals surface area contributed by atoms with Crippen LogP contribution in [0.25, 0.3) is 0 Å². The van der Waals surface area contributed by atoms with Gasteiger partial charge in [-0.25, -0.2) is 9.13 Å². The topological polar surface area (TPSA) is 237 Å². The van der Waals surface area contributed by atoms with Crippen molar-refractivity contribution in [2.75, 3.05) is 39.6 Å². The maximum Gasteiger partial charge on any atom is 0.472 e. The summed E-state index contributed by atoms with van der Waals surface area (Å²) in [6.45, 7) is 14.0. The Hall–Kier alpha value is -1.94. The molecule has 88 heavy (non-hydrogen) atoms. The smallest absolute Gasteiger partial charge is 0.462 e. The Labute approximate surface area is 537 Å². The molecule has 3 N–H and O–H groups in total. The number of ether oxygens (including phenoxy) is 4. The van der Waals surface area contributed by atoms with E-state index in [9.17, 15) is 43.2 Å². The first-order valence-corrected chi connectivity index (χ1v) is 38.7. The van der Waals surface area contributed by atoms with Crippen LogP contribution < -0.4 is 0 Å². The molecule has 0 aromatic heterocycles. The highest BCUT2D eigenvalue weighted by Crippen LogP contribution is 2.45. The van der Waals surface area contributed by atoms with Gasteiger partial charge in [0.15, 0.2) is 12.2 Å². The van der Waals surface area contributed by atoms with E-state index in [2.05, 4.69) is 55.4 Å². The van der Waals surface area contributed by atoms with Crippen LogP contribution in [-0.4, -0.2) is 96.7 Å². The zero-order chi connectivity index (χ0) is 65.4. The summed E-state index contributed by atoms with van der Waals surface area (Å²) in [6.07, 6.45) is 40.6. The van der Waals surface area contributed by atoms with Gasteiger partial charge in [0.1, 0.15) is 19.3 Å². The molecule has 0 amide bonds. The third-order valence-electron chi connectivity index (χ3n) is 16.2. The summed E-state index contributed by atoms with van der Waals surface area (Å²) in [4.78, 5) is 72.4. The second kappa shape index (κ2) is 58.8. The van der Waals surface area contributed by atoms with Gasteiger partial charge in [-0.3, -0.25) is 37.3 Å². The van der Waals surface area contributed by atoms with Crippen molar-refractivity contribution in [3.63, 3.8) is 0 Å². The number of aliphatic hydroxyl groups excluding tert-OH is 1. The molecule has 0 spiro atoms. The number of unbranched alkanes of at least 4 members (excludes halogenated alkanes) is 31. The predicted molar refractivity (Wildman–Crippen MR) is 354 cm³/mol. The Kier molecular flexibility index (Phi) is 57.6. The number of phosphoric ester groups is 2. The molecule has 0 aromatic carbocycles. The molecule has 0 rings (SSSR count). The highest BCUT2D eigenvalue weighted by atomic mass is 31.2. The van der Waals surface area contributed by atoms with Crippen molar-refractivity contribution in [2.24, 2.45) is 23.7 Å². The number of carbonyl (C=O) groups excluding carboxylic acids is 4. The second-order valence-electron chi connectivity index (χ2n) is 26.6. The van der Waals surface area contributed by atoms with Crippen molar-refractivity contribution in [3.8, 4) is 0 Å². The minimum absolute atomic E-state index is 0.101. The molecule has 0 heterocycles. The number of phosphoric acid groups is 2. The lowest BCUT2D eigenvalue weighted by Gasteiger charge is -2.21. The van der Waals surface area contributed by atoms with E-state index in [0.29, 0.717) is 37.5 Å². The molecule has 0 fully saturated rings. The SMILES string of the molecule is CCC(C)CCCCCCCCCCC(=O)O[C@H](COC(=O)CCCCCCCCCCCCCCCCC(C)C)COP(=O)(O)OCC(O)COP(=O)(O)OC[C@@H](COC(=O)CCCCCCCCCC(C)C)OC(=O)CCCCCCCCC(C)C. The Morgan fingerprint density at radius 1 is 0.318 bits per heavy atom. The van der Waals surface area contributed by atoms with Gasteiger partial charge in [0.2, 0.25) is 0 Å². The van der Waals surface area contributed by atoms with E-state index in [4.69, 9.17) is 37.0 Å². The van der Waals surface area contributed by atoms with Crippen LogP contribution in [0, 0.1) is 23.7 Å². The van der Waals surface area contributed by atoms with Crippen LogP contribution in [0.2, 0.25) is 0 Å². The molecule has 0 saturated heterocycles. The summed E-state index contributed by atoms with van der Waals surface area (Å²) < 4.78 is 68.2. The third kappa shape index (κ3) is 61.6. The van der Waals surface area contributed by atoms with Gasteiger partial charge in [0.05, 0.1) is 26.4 Å². The van der Waals surface area contributed by atoms with Crippen LogP contribution in [0.3, 0.4) is 0 Å². The number of carbonyl (C=O) groups is 4. The first-order valence-electron chi connectivity index (χ1n) is 35.7. The fraction of sp³-hybridized carbons (Fsp3) is 0.942. The average Bonchev–Trinajstić information content (AvgIpc) is 3.64. The number of esters is 4. The van der Waals surface area contributed by atoms with Crippen molar-refractivity contribution in [1.82, 2.24) is 0 Å². The molecule has 17 nitrogen and oxygen atoms in total. The van der Waals surface area contributed by atoms with Gasteiger partial charge < -0.3 is 33.8 Å². The van der Waals surface area contributed by atoms with Crippen molar-refractivity contribution >= 4 is 39.5 Å². The van der Waals surface area contributed by atoms with Gasteiger partial charge in [0, 0.05) is 25.7 Å². The van der Waals surface area contributed by atoms with Gasteiger partial charge in [-0.2, -0.15) is 0 Å². The molecule has 19 heteroatoms. The molecule has 0 saturated carbocycles. The monoisotopic (exact) mass is 1300 g/mol. The molecule has 0 aliphatic carbocycles. The highest BCUT2D eigenvalue weighted by Gasteiger charge is 2.30. The first kappa shape index (κ1) is 86.1. The zero-order valence-electron chi connectivity index (χ0n) is 57.3. The molecule has 0 radical (unpaired) electrons. The van der Waals surface area contributed by atoms with E-state index in [0.717, 1.165) is 108 Å². The Morgan fingerprint density at radius 3 is 0.807 bits per heavy atom. The van der Waals surface area contributed by atoms with Crippen LogP contribution in [0.4, 0.5) is 0 Å². The molecule has 0 aliphatic heterocycles. The highest BCUT2D eigenvalue weighted by molar-refractivity contribution is 7.47. The van der Waals surface area contributed by atoms with Gasteiger partial charge in [-0.1, -0.05) is 287 Å².